The predicted molar refractivity (Wildman–Crippen MR) is 94.4 cm³/mol. The third-order valence-electron chi connectivity index (χ3n) is 3.95. The van der Waals surface area contributed by atoms with Crippen LogP contribution in [0.2, 0.25) is 0 Å². The van der Waals surface area contributed by atoms with Crippen LogP contribution in [0.25, 0.3) is 0 Å². The summed E-state index contributed by atoms with van der Waals surface area (Å²) in [7, 11) is 0. The Morgan fingerprint density at radius 2 is 1.86 bits per heavy atom. The van der Waals surface area contributed by atoms with E-state index in [1.807, 2.05) is 11.3 Å². The lowest BCUT2D eigenvalue weighted by atomic mass is 9.94. The highest BCUT2D eigenvalue weighted by Crippen LogP contribution is 2.31. The highest BCUT2D eigenvalue weighted by atomic mass is 32.1. The van der Waals surface area contributed by atoms with Crippen LogP contribution < -0.4 is 5.32 Å². The number of benzene rings is 1. The normalized spacial score (nSPS) is 12.6. The molecule has 0 amide bonds. The van der Waals surface area contributed by atoms with Gasteiger partial charge in [0.05, 0.1) is 6.04 Å². The summed E-state index contributed by atoms with van der Waals surface area (Å²) in [6, 6.07) is 11.8. The van der Waals surface area contributed by atoms with Crippen molar-refractivity contribution in [2.24, 2.45) is 0 Å². The van der Waals surface area contributed by atoms with Crippen molar-refractivity contribution in [3.63, 3.8) is 0 Å². The van der Waals surface area contributed by atoms with Crippen LogP contribution in [0.1, 0.15) is 59.7 Å². The minimum absolute atomic E-state index is 0.338. The van der Waals surface area contributed by atoms with Gasteiger partial charge in [0.25, 0.3) is 0 Å². The summed E-state index contributed by atoms with van der Waals surface area (Å²) in [5, 5.41) is 3.75. The molecule has 2 heteroatoms. The molecule has 0 aliphatic heterocycles. The molecule has 0 spiro atoms. The molecular weight excluding hydrogens is 274 g/mol. The first-order valence-electron chi connectivity index (χ1n) is 8.10. The molecule has 0 fully saturated rings. The monoisotopic (exact) mass is 301 g/mol. The van der Waals surface area contributed by atoms with Gasteiger partial charge < -0.3 is 5.32 Å². The Kier molecular flexibility index (Phi) is 6.01. The van der Waals surface area contributed by atoms with Gasteiger partial charge in [-0.05, 0) is 61.6 Å². The third kappa shape index (κ3) is 3.96. The van der Waals surface area contributed by atoms with Crippen LogP contribution in [0.5, 0.6) is 0 Å². The first kappa shape index (κ1) is 16.3. The Morgan fingerprint density at radius 1 is 1.05 bits per heavy atom. The van der Waals surface area contributed by atoms with Crippen LogP contribution in [-0.2, 0) is 12.8 Å². The summed E-state index contributed by atoms with van der Waals surface area (Å²) < 4.78 is 0. The number of rotatable bonds is 7. The highest BCUT2D eigenvalue weighted by molar-refractivity contribution is 7.12. The van der Waals surface area contributed by atoms with Gasteiger partial charge in [-0.15, -0.1) is 11.3 Å². The Morgan fingerprint density at radius 3 is 2.43 bits per heavy atom. The number of hydrogen-bond acceptors (Lipinski definition) is 2. The fraction of sp³-hybridized carbons (Fsp3) is 0.474. The van der Waals surface area contributed by atoms with E-state index in [0.717, 1.165) is 25.8 Å². The summed E-state index contributed by atoms with van der Waals surface area (Å²) in [5.74, 6) is 0. The second-order valence-corrected chi connectivity index (χ2v) is 6.90. The summed E-state index contributed by atoms with van der Waals surface area (Å²) in [4.78, 5) is 2.82. The van der Waals surface area contributed by atoms with Crippen molar-refractivity contribution in [1.29, 1.82) is 0 Å². The molecule has 1 heterocycles. The summed E-state index contributed by atoms with van der Waals surface area (Å²) in [6.45, 7) is 9.96. The molecule has 0 radical (unpaired) electrons. The van der Waals surface area contributed by atoms with Crippen LogP contribution >= 0.6 is 11.3 Å². The number of aryl methyl sites for hydroxylation is 3. The smallest absolute Gasteiger partial charge is 0.0673 e. The Bertz CT molecular complexity index is 571. The van der Waals surface area contributed by atoms with Crippen molar-refractivity contribution in [3.05, 3.63) is 56.8 Å². The van der Waals surface area contributed by atoms with E-state index in [2.05, 4.69) is 63.3 Å². The molecule has 1 aromatic carbocycles. The Labute approximate surface area is 133 Å². The maximum atomic E-state index is 3.75. The molecule has 1 nitrogen and oxygen atoms in total. The standard InChI is InChI=1S/C19H27NS/c1-5-12-20-19(18-11-8-14(4)21-18)17-13-15(6-2)9-10-16(17)7-3/h8-11,13,19-20H,5-7,12H2,1-4H3. The molecule has 0 aliphatic carbocycles. The molecular formula is C19H27NS. The van der Waals surface area contributed by atoms with E-state index in [4.69, 9.17) is 0 Å². The predicted octanol–water partition coefficient (Wildman–Crippen LogP) is 5.27. The lowest BCUT2D eigenvalue weighted by molar-refractivity contribution is 0.601. The summed E-state index contributed by atoms with van der Waals surface area (Å²) in [6.07, 6.45) is 3.35. The van der Waals surface area contributed by atoms with E-state index in [0.29, 0.717) is 6.04 Å². The van der Waals surface area contributed by atoms with Gasteiger partial charge in [0.2, 0.25) is 0 Å². The molecule has 1 aromatic heterocycles. The first-order valence-corrected chi connectivity index (χ1v) is 8.92. The lowest BCUT2D eigenvalue weighted by Crippen LogP contribution is -2.23. The van der Waals surface area contributed by atoms with Gasteiger partial charge in [-0.2, -0.15) is 0 Å². The molecule has 21 heavy (non-hydrogen) atoms. The fourth-order valence-electron chi connectivity index (χ4n) is 2.72. The lowest BCUT2D eigenvalue weighted by Gasteiger charge is -2.21. The van der Waals surface area contributed by atoms with Crippen LogP contribution in [-0.4, -0.2) is 6.54 Å². The molecule has 1 unspecified atom stereocenters. The maximum Gasteiger partial charge on any atom is 0.0673 e. The van der Waals surface area contributed by atoms with E-state index >= 15 is 0 Å². The van der Waals surface area contributed by atoms with Gasteiger partial charge in [-0.3, -0.25) is 0 Å². The van der Waals surface area contributed by atoms with E-state index in [-0.39, 0.29) is 0 Å². The number of thiophene rings is 1. The third-order valence-corrected chi connectivity index (χ3v) is 5.02. The molecule has 0 bridgehead atoms. The summed E-state index contributed by atoms with van der Waals surface area (Å²) >= 11 is 1.91. The molecule has 2 rings (SSSR count). The van der Waals surface area contributed by atoms with Crippen molar-refractivity contribution in [2.45, 2.75) is 53.0 Å². The van der Waals surface area contributed by atoms with Crippen molar-refractivity contribution in [1.82, 2.24) is 5.32 Å². The number of hydrogen-bond donors (Lipinski definition) is 1. The largest absolute Gasteiger partial charge is 0.306 e. The Hall–Kier alpha value is -1.12. The second kappa shape index (κ2) is 7.77. The maximum absolute atomic E-state index is 3.75. The quantitative estimate of drug-likeness (QED) is 0.734. The second-order valence-electron chi connectivity index (χ2n) is 5.58. The average Bonchev–Trinajstić information content (AvgIpc) is 2.93. The Balaban J connectivity index is 2.44. The van der Waals surface area contributed by atoms with Crippen LogP contribution in [0, 0.1) is 6.92 Å². The van der Waals surface area contributed by atoms with E-state index in [1.165, 1.54) is 26.4 Å². The molecule has 2 aromatic rings. The summed E-state index contributed by atoms with van der Waals surface area (Å²) in [5.41, 5.74) is 4.36. The SMILES string of the molecule is CCCNC(c1ccc(C)s1)c1cc(CC)ccc1CC. The molecule has 0 saturated carbocycles. The van der Waals surface area contributed by atoms with Gasteiger partial charge in [0.1, 0.15) is 0 Å². The first-order chi connectivity index (χ1) is 10.2. The van der Waals surface area contributed by atoms with Crippen molar-refractivity contribution < 1.29 is 0 Å². The van der Waals surface area contributed by atoms with Gasteiger partial charge in [-0.1, -0.05) is 39.0 Å². The van der Waals surface area contributed by atoms with E-state index in [9.17, 15) is 0 Å². The zero-order valence-corrected chi connectivity index (χ0v) is 14.5. The van der Waals surface area contributed by atoms with Gasteiger partial charge in [-0.25, -0.2) is 0 Å². The zero-order valence-electron chi connectivity index (χ0n) is 13.7. The van der Waals surface area contributed by atoms with Crippen LogP contribution in [0.3, 0.4) is 0 Å². The molecule has 0 aliphatic rings. The highest BCUT2D eigenvalue weighted by Gasteiger charge is 2.18. The van der Waals surface area contributed by atoms with Crippen LogP contribution in [0.4, 0.5) is 0 Å². The minimum Gasteiger partial charge on any atom is -0.306 e. The minimum atomic E-state index is 0.338. The van der Waals surface area contributed by atoms with E-state index in [1.54, 1.807) is 0 Å². The fourth-order valence-corrected chi connectivity index (χ4v) is 3.69. The van der Waals surface area contributed by atoms with Gasteiger partial charge >= 0.3 is 0 Å². The number of nitrogens with one attached hydrogen (secondary N) is 1. The topological polar surface area (TPSA) is 12.0 Å². The van der Waals surface area contributed by atoms with Crippen molar-refractivity contribution in [2.75, 3.05) is 6.54 Å². The molecule has 1 atom stereocenters. The molecule has 1 N–H and O–H groups in total. The van der Waals surface area contributed by atoms with Gasteiger partial charge in [0.15, 0.2) is 0 Å². The van der Waals surface area contributed by atoms with Crippen LogP contribution in [0.15, 0.2) is 30.3 Å². The molecule has 114 valence electrons. The van der Waals surface area contributed by atoms with Crippen molar-refractivity contribution >= 4 is 11.3 Å². The van der Waals surface area contributed by atoms with Gasteiger partial charge in [0, 0.05) is 9.75 Å². The van der Waals surface area contributed by atoms with E-state index < -0.39 is 0 Å². The average molecular weight is 301 g/mol. The molecule has 0 saturated heterocycles. The zero-order chi connectivity index (χ0) is 15.2. The van der Waals surface area contributed by atoms with Crippen molar-refractivity contribution in [3.8, 4) is 0 Å².